The van der Waals surface area contributed by atoms with Crippen molar-refractivity contribution < 1.29 is 13.2 Å². The SMILES string of the molecule is Cc1cc(C)cc(NS(=O)(=O)c2cc(C(=O)Nc3ccc4c5c(cccc35)CC4)ccc2C)c1. The number of amides is 1. The maximum absolute atomic E-state index is 13.2. The molecule has 0 unspecified atom stereocenters. The average molecular weight is 471 g/mol. The molecule has 1 aliphatic carbocycles. The van der Waals surface area contributed by atoms with Crippen LogP contribution in [0.5, 0.6) is 0 Å². The van der Waals surface area contributed by atoms with Crippen molar-refractivity contribution in [2.45, 2.75) is 38.5 Å². The monoisotopic (exact) mass is 470 g/mol. The standard InChI is InChI=1S/C28H26N2O3S/c1-17-13-18(2)15-23(14-17)30-34(32,33)26-16-22(8-7-19(26)3)28(31)29-25-12-11-21-10-9-20-5-4-6-24(25)27(20)21/h4-8,11-16,30H,9-10H2,1-3H3,(H,29,31). The number of hydrogen-bond donors (Lipinski definition) is 2. The van der Waals surface area contributed by atoms with Crippen LogP contribution in [0, 0.1) is 20.8 Å². The Hall–Kier alpha value is -3.64. The fourth-order valence-corrected chi connectivity index (χ4v) is 6.14. The molecule has 1 amide bonds. The smallest absolute Gasteiger partial charge is 0.262 e. The van der Waals surface area contributed by atoms with Crippen molar-refractivity contribution in [2.24, 2.45) is 0 Å². The van der Waals surface area contributed by atoms with E-state index in [9.17, 15) is 13.2 Å². The Morgan fingerprint density at radius 3 is 2.26 bits per heavy atom. The van der Waals surface area contributed by atoms with Crippen LogP contribution in [0.25, 0.3) is 10.8 Å². The first-order chi connectivity index (χ1) is 16.2. The lowest BCUT2D eigenvalue weighted by Crippen LogP contribution is -2.17. The molecule has 0 aliphatic heterocycles. The van der Waals surface area contributed by atoms with Gasteiger partial charge in [-0.05, 0) is 97.1 Å². The van der Waals surface area contributed by atoms with Crippen LogP contribution in [0.2, 0.25) is 0 Å². The van der Waals surface area contributed by atoms with Crippen molar-refractivity contribution in [1.29, 1.82) is 0 Å². The third-order valence-corrected chi connectivity index (χ3v) is 7.86. The molecule has 0 spiro atoms. The molecule has 34 heavy (non-hydrogen) atoms. The van der Waals surface area contributed by atoms with Gasteiger partial charge in [-0.15, -0.1) is 0 Å². The van der Waals surface area contributed by atoms with Gasteiger partial charge in [-0.2, -0.15) is 0 Å². The van der Waals surface area contributed by atoms with Crippen LogP contribution in [0.1, 0.15) is 38.2 Å². The molecule has 6 heteroatoms. The molecule has 0 bridgehead atoms. The Morgan fingerprint density at radius 2 is 1.53 bits per heavy atom. The first kappa shape index (κ1) is 22.2. The van der Waals surface area contributed by atoms with Crippen LogP contribution in [0.15, 0.2) is 71.6 Å². The van der Waals surface area contributed by atoms with E-state index in [4.69, 9.17) is 0 Å². The Balaban J connectivity index is 1.46. The number of aryl methyl sites for hydroxylation is 5. The Labute approximate surface area is 199 Å². The molecule has 0 saturated heterocycles. The first-order valence-electron chi connectivity index (χ1n) is 11.3. The van der Waals surface area contributed by atoms with E-state index in [-0.39, 0.29) is 16.4 Å². The number of hydrogen-bond acceptors (Lipinski definition) is 3. The Kier molecular flexibility index (Phi) is 5.41. The van der Waals surface area contributed by atoms with Gasteiger partial charge in [0.2, 0.25) is 0 Å². The van der Waals surface area contributed by atoms with Gasteiger partial charge in [-0.3, -0.25) is 9.52 Å². The molecule has 2 N–H and O–H groups in total. The minimum absolute atomic E-state index is 0.0831. The van der Waals surface area contributed by atoms with Crippen LogP contribution < -0.4 is 10.0 Å². The number of carbonyl (C=O) groups excluding carboxylic acids is 1. The summed E-state index contributed by atoms with van der Waals surface area (Å²) < 4.78 is 29.0. The lowest BCUT2D eigenvalue weighted by atomic mass is 10.0. The van der Waals surface area contributed by atoms with Crippen LogP contribution in [0.4, 0.5) is 11.4 Å². The average Bonchev–Trinajstić information content (AvgIpc) is 3.19. The minimum atomic E-state index is -3.87. The summed E-state index contributed by atoms with van der Waals surface area (Å²) in [5.74, 6) is -0.346. The van der Waals surface area contributed by atoms with Crippen molar-refractivity contribution >= 4 is 38.1 Å². The van der Waals surface area contributed by atoms with Crippen molar-refractivity contribution in [2.75, 3.05) is 10.0 Å². The molecule has 1 aliphatic rings. The highest BCUT2D eigenvalue weighted by Gasteiger charge is 2.21. The maximum Gasteiger partial charge on any atom is 0.262 e. The number of carbonyl (C=O) groups is 1. The Bertz CT molecular complexity index is 1540. The van der Waals surface area contributed by atoms with Gasteiger partial charge < -0.3 is 5.32 Å². The highest BCUT2D eigenvalue weighted by Crippen LogP contribution is 2.35. The molecule has 0 aromatic heterocycles. The van der Waals surface area contributed by atoms with E-state index in [1.54, 1.807) is 31.2 Å². The zero-order valence-corrected chi connectivity index (χ0v) is 20.2. The van der Waals surface area contributed by atoms with E-state index in [0.717, 1.165) is 35.0 Å². The molecule has 5 rings (SSSR count). The topological polar surface area (TPSA) is 75.3 Å². The van der Waals surface area contributed by atoms with Crippen molar-refractivity contribution in [1.82, 2.24) is 0 Å². The summed E-state index contributed by atoms with van der Waals surface area (Å²) in [6.45, 7) is 5.56. The van der Waals surface area contributed by atoms with Gasteiger partial charge in [0.15, 0.2) is 0 Å². The van der Waals surface area contributed by atoms with Crippen LogP contribution >= 0.6 is 0 Å². The third-order valence-electron chi connectivity index (χ3n) is 6.34. The summed E-state index contributed by atoms with van der Waals surface area (Å²) in [7, 11) is -3.87. The summed E-state index contributed by atoms with van der Waals surface area (Å²) in [5.41, 5.74) is 6.61. The molecule has 0 heterocycles. The van der Waals surface area contributed by atoms with Crippen molar-refractivity contribution in [3.05, 3.63) is 100 Å². The summed E-state index contributed by atoms with van der Waals surface area (Å²) in [6, 6.07) is 20.5. The Morgan fingerprint density at radius 1 is 0.824 bits per heavy atom. The number of benzene rings is 4. The molecule has 0 saturated carbocycles. The number of anilines is 2. The third kappa shape index (κ3) is 4.05. The second-order valence-electron chi connectivity index (χ2n) is 9.03. The van der Waals surface area contributed by atoms with Crippen LogP contribution in [0.3, 0.4) is 0 Å². The van der Waals surface area contributed by atoms with Gasteiger partial charge in [0, 0.05) is 22.3 Å². The van der Waals surface area contributed by atoms with Crippen molar-refractivity contribution in [3.63, 3.8) is 0 Å². The lowest BCUT2D eigenvalue weighted by molar-refractivity contribution is 0.102. The number of sulfonamides is 1. The van der Waals surface area contributed by atoms with Crippen LogP contribution in [-0.4, -0.2) is 14.3 Å². The normalized spacial score (nSPS) is 12.7. The van der Waals surface area contributed by atoms with E-state index < -0.39 is 10.0 Å². The fourth-order valence-electron chi connectivity index (χ4n) is 4.82. The van der Waals surface area contributed by atoms with Crippen molar-refractivity contribution in [3.8, 4) is 0 Å². The van der Waals surface area contributed by atoms with Gasteiger partial charge in [0.1, 0.15) is 0 Å². The van der Waals surface area contributed by atoms with E-state index >= 15 is 0 Å². The van der Waals surface area contributed by atoms with Gasteiger partial charge in [0.05, 0.1) is 4.90 Å². The highest BCUT2D eigenvalue weighted by atomic mass is 32.2. The largest absolute Gasteiger partial charge is 0.321 e. The second kappa shape index (κ2) is 8.29. The number of rotatable bonds is 5. The minimum Gasteiger partial charge on any atom is -0.321 e. The fraction of sp³-hybridized carbons (Fsp3) is 0.179. The predicted octanol–water partition coefficient (Wildman–Crippen LogP) is 5.92. The molecule has 5 nitrogen and oxygen atoms in total. The molecule has 4 aromatic carbocycles. The van der Waals surface area contributed by atoms with Gasteiger partial charge in [-0.25, -0.2) is 8.42 Å². The molecular weight excluding hydrogens is 444 g/mol. The van der Waals surface area contributed by atoms with E-state index in [1.807, 2.05) is 38.1 Å². The molecule has 172 valence electrons. The van der Waals surface area contributed by atoms with E-state index in [2.05, 4.69) is 22.2 Å². The first-order valence-corrected chi connectivity index (χ1v) is 12.8. The quantitative estimate of drug-likeness (QED) is 0.380. The zero-order chi connectivity index (χ0) is 24.0. The highest BCUT2D eigenvalue weighted by molar-refractivity contribution is 7.92. The predicted molar refractivity (Wildman–Crippen MR) is 137 cm³/mol. The summed E-state index contributed by atoms with van der Waals surface area (Å²) in [4.78, 5) is 13.2. The van der Waals surface area contributed by atoms with E-state index in [0.29, 0.717) is 11.3 Å². The zero-order valence-electron chi connectivity index (χ0n) is 19.4. The van der Waals surface area contributed by atoms with Gasteiger partial charge >= 0.3 is 0 Å². The van der Waals surface area contributed by atoms with Gasteiger partial charge in [0.25, 0.3) is 15.9 Å². The maximum atomic E-state index is 13.2. The number of nitrogens with one attached hydrogen (secondary N) is 2. The summed E-state index contributed by atoms with van der Waals surface area (Å²) in [6.07, 6.45) is 2.02. The van der Waals surface area contributed by atoms with Gasteiger partial charge in [-0.1, -0.05) is 36.4 Å². The van der Waals surface area contributed by atoms with Crippen LogP contribution in [-0.2, 0) is 22.9 Å². The lowest BCUT2D eigenvalue weighted by Gasteiger charge is -2.14. The molecule has 4 aromatic rings. The molecule has 0 radical (unpaired) electrons. The van der Waals surface area contributed by atoms with E-state index in [1.165, 1.54) is 22.6 Å². The summed E-state index contributed by atoms with van der Waals surface area (Å²) in [5, 5.41) is 5.22. The second-order valence-corrected chi connectivity index (χ2v) is 10.7. The summed E-state index contributed by atoms with van der Waals surface area (Å²) >= 11 is 0. The molecular formula is C28H26N2O3S. The molecule has 0 atom stereocenters. The molecule has 0 fully saturated rings.